The molecule has 4 rings (SSSR count). The molecule has 0 bridgehead atoms. The topological polar surface area (TPSA) is 45.2 Å². The van der Waals surface area contributed by atoms with E-state index in [2.05, 4.69) is 15.2 Å². The Kier molecular flexibility index (Phi) is 4.68. The van der Waals surface area contributed by atoms with Crippen LogP contribution < -0.4 is 5.32 Å². The van der Waals surface area contributed by atoms with E-state index >= 15 is 0 Å². The van der Waals surface area contributed by atoms with E-state index in [-0.39, 0.29) is 11.8 Å². The number of halogens is 2. The molecule has 0 unspecified atom stereocenters. The molecule has 1 N–H and O–H groups in total. The quantitative estimate of drug-likeness (QED) is 0.900. The minimum Gasteiger partial charge on any atom is -0.349 e. The second-order valence-corrected chi connectivity index (χ2v) is 7.72. The van der Waals surface area contributed by atoms with Crippen molar-refractivity contribution in [3.8, 4) is 0 Å². The highest BCUT2D eigenvalue weighted by Gasteiger charge is 2.50. The van der Waals surface area contributed by atoms with Gasteiger partial charge in [0.1, 0.15) is 11.6 Å². The number of aryl methyl sites for hydroxylation is 1. The van der Waals surface area contributed by atoms with Crippen LogP contribution in [0.2, 0.25) is 0 Å². The van der Waals surface area contributed by atoms with Crippen LogP contribution in [-0.4, -0.2) is 34.4 Å². The fourth-order valence-electron chi connectivity index (χ4n) is 4.57. The molecule has 0 saturated carbocycles. The zero-order chi connectivity index (χ0) is 19.0. The highest BCUT2D eigenvalue weighted by Crippen LogP contribution is 2.42. The summed E-state index contributed by atoms with van der Waals surface area (Å²) in [6, 6.07) is 9.46. The average Bonchev–Trinajstić information content (AvgIpc) is 2.93. The van der Waals surface area contributed by atoms with Crippen molar-refractivity contribution in [3.63, 3.8) is 0 Å². The number of aromatic nitrogens is 1. The maximum Gasteiger partial charge on any atom is 0.220 e. The van der Waals surface area contributed by atoms with Crippen LogP contribution in [0.5, 0.6) is 0 Å². The summed E-state index contributed by atoms with van der Waals surface area (Å²) >= 11 is 0. The molecule has 1 amide bonds. The largest absolute Gasteiger partial charge is 0.349 e. The summed E-state index contributed by atoms with van der Waals surface area (Å²) in [7, 11) is 0. The van der Waals surface area contributed by atoms with Crippen LogP contribution in [0, 0.1) is 18.6 Å². The van der Waals surface area contributed by atoms with E-state index in [1.165, 1.54) is 12.1 Å². The highest BCUT2D eigenvalue weighted by atomic mass is 19.1. The third-order valence-corrected chi connectivity index (χ3v) is 5.69. The van der Waals surface area contributed by atoms with Crippen molar-refractivity contribution in [2.75, 3.05) is 13.1 Å². The number of hydrogen-bond donors (Lipinski definition) is 1. The van der Waals surface area contributed by atoms with Crippen molar-refractivity contribution in [1.29, 1.82) is 0 Å². The number of piperidine rings is 1. The molecule has 2 aromatic rings. The minimum absolute atomic E-state index is 0.0152. The Balaban J connectivity index is 1.67. The van der Waals surface area contributed by atoms with Crippen molar-refractivity contribution < 1.29 is 13.6 Å². The van der Waals surface area contributed by atoms with Crippen LogP contribution >= 0.6 is 0 Å². The molecule has 0 radical (unpaired) electrons. The monoisotopic (exact) mass is 371 g/mol. The van der Waals surface area contributed by atoms with E-state index in [0.29, 0.717) is 31.6 Å². The summed E-state index contributed by atoms with van der Waals surface area (Å²) in [5.74, 6) is -1.18. The van der Waals surface area contributed by atoms with Crippen LogP contribution in [0.1, 0.15) is 42.1 Å². The van der Waals surface area contributed by atoms with Gasteiger partial charge in [-0.2, -0.15) is 0 Å². The zero-order valence-electron chi connectivity index (χ0n) is 15.3. The first-order chi connectivity index (χ1) is 12.9. The SMILES string of the molecule is Cc1cccc(CN2C[C@@H](c3cc(F)ccc3F)[C@@]3(CCCC(=O)N3)C2)n1. The molecular weight excluding hydrogens is 348 g/mol. The molecule has 1 aromatic carbocycles. The molecule has 2 atom stereocenters. The second-order valence-electron chi connectivity index (χ2n) is 7.72. The Morgan fingerprint density at radius 1 is 1.30 bits per heavy atom. The Morgan fingerprint density at radius 3 is 2.93 bits per heavy atom. The van der Waals surface area contributed by atoms with Crippen molar-refractivity contribution in [2.45, 2.75) is 44.2 Å². The number of amides is 1. The van der Waals surface area contributed by atoms with Gasteiger partial charge in [-0.05, 0) is 55.7 Å². The molecule has 2 aliphatic heterocycles. The molecule has 0 aliphatic carbocycles. The molecule has 2 saturated heterocycles. The fourth-order valence-corrected chi connectivity index (χ4v) is 4.57. The predicted octanol–water partition coefficient (Wildman–Crippen LogP) is 3.31. The van der Waals surface area contributed by atoms with E-state index in [0.717, 1.165) is 30.3 Å². The Morgan fingerprint density at radius 2 is 2.15 bits per heavy atom. The molecule has 1 aromatic heterocycles. The van der Waals surface area contributed by atoms with Gasteiger partial charge in [0.15, 0.2) is 0 Å². The number of hydrogen-bond acceptors (Lipinski definition) is 3. The number of benzene rings is 1. The van der Waals surface area contributed by atoms with Gasteiger partial charge in [0.05, 0.1) is 11.2 Å². The normalized spacial score (nSPS) is 25.7. The van der Waals surface area contributed by atoms with Crippen molar-refractivity contribution in [2.24, 2.45) is 0 Å². The lowest BCUT2D eigenvalue weighted by molar-refractivity contribution is -0.125. The third kappa shape index (κ3) is 3.58. The van der Waals surface area contributed by atoms with Crippen LogP contribution in [0.15, 0.2) is 36.4 Å². The first-order valence-corrected chi connectivity index (χ1v) is 9.36. The maximum atomic E-state index is 14.6. The number of nitrogens with zero attached hydrogens (tertiary/aromatic N) is 2. The van der Waals surface area contributed by atoms with E-state index in [1.54, 1.807) is 0 Å². The molecule has 3 heterocycles. The van der Waals surface area contributed by atoms with Crippen LogP contribution in [0.25, 0.3) is 0 Å². The lowest BCUT2D eigenvalue weighted by Gasteiger charge is -2.39. The number of likely N-dealkylation sites (tertiary alicyclic amines) is 1. The van der Waals surface area contributed by atoms with Gasteiger partial charge in [0.25, 0.3) is 0 Å². The number of pyridine rings is 1. The first-order valence-electron chi connectivity index (χ1n) is 9.36. The molecule has 27 heavy (non-hydrogen) atoms. The average molecular weight is 371 g/mol. The van der Waals surface area contributed by atoms with Crippen molar-refractivity contribution >= 4 is 5.91 Å². The van der Waals surface area contributed by atoms with Gasteiger partial charge in [-0.15, -0.1) is 0 Å². The maximum absolute atomic E-state index is 14.6. The minimum atomic E-state index is -0.562. The molecular formula is C21H23F2N3O. The van der Waals surface area contributed by atoms with E-state index in [4.69, 9.17) is 0 Å². The van der Waals surface area contributed by atoms with Gasteiger partial charge in [-0.1, -0.05) is 6.07 Å². The zero-order valence-corrected chi connectivity index (χ0v) is 15.3. The number of rotatable bonds is 3. The number of nitrogens with one attached hydrogen (secondary N) is 1. The van der Waals surface area contributed by atoms with Gasteiger partial charge in [-0.25, -0.2) is 8.78 Å². The smallest absolute Gasteiger partial charge is 0.220 e. The van der Waals surface area contributed by atoms with Crippen LogP contribution in [-0.2, 0) is 11.3 Å². The molecule has 4 nitrogen and oxygen atoms in total. The summed E-state index contributed by atoms with van der Waals surface area (Å²) < 4.78 is 28.4. The van der Waals surface area contributed by atoms with Crippen molar-refractivity contribution in [1.82, 2.24) is 15.2 Å². The summed E-state index contributed by atoms with van der Waals surface area (Å²) in [6.07, 6.45) is 2.01. The van der Waals surface area contributed by atoms with Crippen molar-refractivity contribution in [3.05, 3.63) is 65.0 Å². The number of carbonyl (C=O) groups excluding carboxylic acids is 1. The van der Waals surface area contributed by atoms with E-state index in [1.807, 2.05) is 25.1 Å². The molecule has 2 aliphatic rings. The summed E-state index contributed by atoms with van der Waals surface area (Å²) in [4.78, 5) is 18.9. The van der Waals surface area contributed by atoms with Gasteiger partial charge in [0.2, 0.25) is 5.91 Å². The van der Waals surface area contributed by atoms with Gasteiger partial charge in [0, 0.05) is 37.7 Å². The van der Waals surface area contributed by atoms with Gasteiger partial charge >= 0.3 is 0 Å². The summed E-state index contributed by atoms with van der Waals surface area (Å²) in [5.41, 5.74) is 1.66. The number of carbonyl (C=O) groups is 1. The second kappa shape index (κ2) is 7.00. The summed E-state index contributed by atoms with van der Waals surface area (Å²) in [6.45, 7) is 3.72. The van der Waals surface area contributed by atoms with Gasteiger partial charge < -0.3 is 5.32 Å². The molecule has 6 heteroatoms. The molecule has 2 fully saturated rings. The summed E-state index contributed by atoms with van der Waals surface area (Å²) in [5, 5.41) is 3.12. The Bertz CT molecular complexity index is 872. The first kappa shape index (κ1) is 18.0. The van der Waals surface area contributed by atoms with Gasteiger partial charge in [-0.3, -0.25) is 14.7 Å². The lowest BCUT2D eigenvalue weighted by Crippen LogP contribution is -2.56. The van der Waals surface area contributed by atoms with Crippen LogP contribution in [0.3, 0.4) is 0 Å². The third-order valence-electron chi connectivity index (χ3n) is 5.69. The lowest BCUT2D eigenvalue weighted by atomic mass is 9.76. The molecule has 142 valence electrons. The standard InChI is InChI=1S/C21H23F2N3O/c1-14-4-2-5-16(24-14)11-26-12-18(17-10-15(22)7-8-19(17)23)21(13-26)9-3-6-20(27)25-21/h2,4-5,7-8,10,18H,3,6,9,11-13H2,1H3,(H,25,27)/t18-,21+/m0/s1. The van der Waals surface area contributed by atoms with Crippen LogP contribution in [0.4, 0.5) is 8.78 Å². The molecule has 1 spiro atoms. The fraction of sp³-hybridized carbons (Fsp3) is 0.429. The Hall–Kier alpha value is -2.34. The predicted molar refractivity (Wildman–Crippen MR) is 98.1 cm³/mol. The van der Waals surface area contributed by atoms with E-state index < -0.39 is 17.2 Å². The Labute approximate surface area is 157 Å². The highest BCUT2D eigenvalue weighted by molar-refractivity contribution is 5.78. The van der Waals surface area contributed by atoms with E-state index in [9.17, 15) is 13.6 Å².